The van der Waals surface area contributed by atoms with Crippen LogP contribution in [0.5, 0.6) is 0 Å². The molecule has 0 bridgehead atoms. The molecule has 0 spiro atoms. The fourth-order valence-corrected chi connectivity index (χ4v) is 7.97. The van der Waals surface area contributed by atoms with E-state index >= 15 is 0 Å². The van der Waals surface area contributed by atoms with Gasteiger partial charge in [0.05, 0.1) is 0 Å². The average Bonchev–Trinajstić information content (AvgIpc) is 3.39. The molecule has 0 N–H and O–H groups in total. The summed E-state index contributed by atoms with van der Waals surface area (Å²) in [6.07, 6.45) is 11.6. The number of hydrogen-bond donors (Lipinski definition) is 0. The molecule has 30 heavy (non-hydrogen) atoms. The maximum atomic E-state index is 3.80. The predicted octanol–water partition coefficient (Wildman–Crippen LogP) is -1.88. The summed E-state index contributed by atoms with van der Waals surface area (Å²) in [5.74, 6) is 0. The van der Waals surface area contributed by atoms with E-state index in [0.717, 1.165) is 8.95 Å². The molecule has 2 atom stereocenters. The summed E-state index contributed by atoms with van der Waals surface area (Å²) in [6.45, 7) is 0. The Morgan fingerprint density at radius 2 is 1.17 bits per heavy atom. The Labute approximate surface area is 236 Å². The maximum absolute atomic E-state index is 3.80. The molecule has 2 aliphatic heterocycles. The van der Waals surface area contributed by atoms with Crippen LogP contribution in [0.1, 0.15) is 0 Å². The van der Waals surface area contributed by atoms with E-state index in [1.807, 2.05) is 35.3 Å². The molecule has 0 radical (unpaired) electrons. The molecule has 2 aromatic rings. The van der Waals surface area contributed by atoms with Gasteiger partial charge in [-0.15, -0.1) is 46.5 Å². The van der Waals surface area contributed by atoms with Gasteiger partial charge in [-0.05, 0) is 31.9 Å². The van der Waals surface area contributed by atoms with Crippen molar-refractivity contribution < 1.29 is 51.0 Å². The summed E-state index contributed by atoms with van der Waals surface area (Å²) in [4.78, 5) is 2.57. The topological polar surface area (TPSA) is 0 Å². The molecule has 2 unspecified atom stereocenters. The molecule has 0 aromatic heterocycles. The Bertz CT molecular complexity index is 1250. The second kappa shape index (κ2) is 10.0. The van der Waals surface area contributed by atoms with Gasteiger partial charge in [0.2, 0.25) is 0 Å². The summed E-state index contributed by atoms with van der Waals surface area (Å²) in [6, 6.07) is 8.78. The standard InChI is InChI=1S/C22H10Br2S3.2ClH.Zr/c23-17-3-1-11-13-5-7-25-19(13)9-15(11)21(17)27-22-16-10-20-14(6-8-26-20)12(16)2-4-18(22)24;;;/h1-4,7-10,19-20H;2*1H;/q-2;;;+4/p-2. The van der Waals surface area contributed by atoms with Gasteiger partial charge in [0, 0.05) is 29.2 Å². The Kier molecular flexibility index (Phi) is 8.51. The fourth-order valence-electron chi connectivity index (χ4n) is 3.91. The zero-order valence-electron chi connectivity index (χ0n) is 15.0. The molecule has 0 amide bonds. The van der Waals surface area contributed by atoms with Gasteiger partial charge in [0.1, 0.15) is 0 Å². The second-order valence-corrected chi connectivity index (χ2v) is 11.3. The fraction of sp³-hybridized carbons (Fsp3) is 0.0909. The smallest absolute Gasteiger partial charge is 1.00 e. The van der Waals surface area contributed by atoms with Gasteiger partial charge in [-0.2, -0.15) is 21.6 Å². The van der Waals surface area contributed by atoms with Crippen LogP contribution >= 0.6 is 67.1 Å². The van der Waals surface area contributed by atoms with Crippen LogP contribution in [-0.4, -0.2) is 10.5 Å². The van der Waals surface area contributed by atoms with E-state index < -0.39 is 0 Å². The SMILES string of the molecule is Brc1ccc2c(c1Sc1c(Br)ccc3c1=CC1SC=[C-]C=31)=CC1SC=[C-]C=21.[Cl-].[Cl-].[Zr+4]. The van der Waals surface area contributed by atoms with Crippen molar-refractivity contribution in [2.45, 2.75) is 20.3 Å². The van der Waals surface area contributed by atoms with Crippen molar-refractivity contribution in [3.63, 3.8) is 0 Å². The zero-order chi connectivity index (χ0) is 18.1. The van der Waals surface area contributed by atoms with E-state index in [4.69, 9.17) is 0 Å². The number of halogens is 4. The first kappa shape index (κ1) is 25.5. The molecule has 8 heteroatoms. The molecule has 2 aromatic carbocycles. The molecule has 0 fully saturated rings. The van der Waals surface area contributed by atoms with Gasteiger partial charge in [0.25, 0.3) is 0 Å². The van der Waals surface area contributed by atoms with Crippen molar-refractivity contribution >= 4 is 90.4 Å². The van der Waals surface area contributed by atoms with Gasteiger partial charge < -0.3 is 24.8 Å². The van der Waals surface area contributed by atoms with Gasteiger partial charge in [-0.1, -0.05) is 46.5 Å². The van der Waals surface area contributed by atoms with Gasteiger partial charge >= 0.3 is 26.2 Å². The summed E-state index contributed by atoms with van der Waals surface area (Å²) < 4.78 is 2.29. The Morgan fingerprint density at radius 1 is 0.733 bits per heavy atom. The molecule has 4 aliphatic rings. The number of fused-ring (bicyclic) bond motifs is 4. The molecule has 2 heterocycles. The molecule has 148 valence electrons. The van der Waals surface area contributed by atoms with Crippen molar-refractivity contribution in [3.8, 4) is 0 Å². The van der Waals surface area contributed by atoms with Crippen molar-refractivity contribution in [1.29, 1.82) is 0 Å². The predicted molar refractivity (Wildman–Crippen MR) is 125 cm³/mol. The third-order valence-corrected chi connectivity index (χ3v) is 10.1. The minimum absolute atomic E-state index is 0. The van der Waals surface area contributed by atoms with Crippen molar-refractivity contribution in [1.82, 2.24) is 0 Å². The monoisotopic (exact) mass is 688 g/mol. The normalized spacial score (nSPS) is 20.9. The quantitative estimate of drug-likeness (QED) is 0.339. The van der Waals surface area contributed by atoms with Crippen LogP contribution in [-0.2, 0) is 26.2 Å². The van der Waals surface area contributed by atoms with Gasteiger partial charge in [0.15, 0.2) is 0 Å². The summed E-state index contributed by atoms with van der Waals surface area (Å²) in [7, 11) is 0. The first-order chi connectivity index (χ1) is 13.2. The van der Waals surface area contributed by atoms with E-state index in [9.17, 15) is 0 Å². The van der Waals surface area contributed by atoms with Crippen LogP contribution in [0.25, 0.3) is 23.3 Å². The minimum Gasteiger partial charge on any atom is -1.00 e. The molecular formula is C22H10Br2Cl2S3Zr. The van der Waals surface area contributed by atoms with E-state index in [0.29, 0.717) is 10.5 Å². The second-order valence-electron chi connectivity index (χ2n) is 6.58. The number of thioether (sulfide) groups is 2. The summed E-state index contributed by atoms with van der Waals surface area (Å²) >= 11 is 13.1. The van der Waals surface area contributed by atoms with E-state index in [1.165, 1.54) is 41.8 Å². The zero-order valence-corrected chi connectivity index (χ0v) is 24.6. The van der Waals surface area contributed by atoms with E-state index in [-0.39, 0.29) is 51.0 Å². The third-order valence-electron chi connectivity index (χ3n) is 5.14. The van der Waals surface area contributed by atoms with Gasteiger partial charge in [-0.25, -0.2) is 12.2 Å². The molecule has 0 saturated heterocycles. The van der Waals surface area contributed by atoms with E-state index in [1.54, 1.807) is 0 Å². The Balaban J connectivity index is 0.000000853. The van der Waals surface area contributed by atoms with Crippen LogP contribution in [0.4, 0.5) is 0 Å². The molecule has 0 nitrogen and oxygen atoms in total. The minimum atomic E-state index is 0. The van der Waals surface area contributed by atoms with Crippen LogP contribution in [0.2, 0.25) is 0 Å². The van der Waals surface area contributed by atoms with Crippen LogP contribution in [0.15, 0.2) is 53.8 Å². The average molecular weight is 692 g/mol. The van der Waals surface area contributed by atoms with Crippen LogP contribution in [0.3, 0.4) is 0 Å². The van der Waals surface area contributed by atoms with Crippen molar-refractivity contribution in [2.24, 2.45) is 0 Å². The summed E-state index contributed by atoms with van der Waals surface area (Å²) in [5, 5.41) is 10.3. The molecule has 0 saturated carbocycles. The third kappa shape index (κ3) is 4.00. The first-order valence-corrected chi connectivity index (χ1v) is 12.7. The van der Waals surface area contributed by atoms with E-state index in [2.05, 4.69) is 91.2 Å². The molecular weight excluding hydrogens is 682 g/mol. The first-order valence-electron chi connectivity index (χ1n) is 8.45. The van der Waals surface area contributed by atoms with Crippen LogP contribution < -0.4 is 45.7 Å². The Hall–Kier alpha value is 0.873. The van der Waals surface area contributed by atoms with Crippen molar-refractivity contribution in [2.75, 3.05) is 0 Å². The number of hydrogen-bond acceptors (Lipinski definition) is 3. The van der Waals surface area contributed by atoms with Crippen LogP contribution in [0, 0.1) is 12.2 Å². The summed E-state index contributed by atoms with van der Waals surface area (Å²) in [5.41, 5.74) is 2.63. The molecule has 6 rings (SSSR count). The number of allylic oxidation sites excluding steroid dienone is 2. The van der Waals surface area contributed by atoms with Gasteiger partial charge in [-0.3, -0.25) is 0 Å². The number of benzene rings is 2. The largest absolute Gasteiger partial charge is 4.00 e. The Morgan fingerprint density at radius 3 is 1.60 bits per heavy atom. The molecule has 2 aliphatic carbocycles. The maximum Gasteiger partial charge on any atom is 4.00 e. The number of rotatable bonds is 2. The van der Waals surface area contributed by atoms with Crippen molar-refractivity contribution in [3.05, 3.63) is 77.1 Å².